The second kappa shape index (κ2) is 8.94. The maximum Gasteiger partial charge on any atom is 0.0663 e. The van der Waals surface area contributed by atoms with Crippen LogP contribution in [0.3, 0.4) is 0 Å². The second-order valence-electron chi connectivity index (χ2n) is 12.0. The molecule has 0 heterocycles. The highest BCUT2D eigenvalue weighted by molar-refractivity contribution is 5.37. The predicted molar refractivity (Wildman–Crippen MR) is 127 cm³/mol. The van der Waals surface area contributed by atoms with Gasteiger partial charge in [-0.1, -0.05) is 56.6 Å². The van der Waals surface area contributed by atoms with Crippen LogP contribution in [0.2, 0.25) is 0 Å². The van der Waals surface area contributed by atoms with E-state index in [2.05, 4.69) is 32.6 Å². The zero-order chi connectivity index (χ0) is 22.2. The Hall–Kier alpha value is -0.860. The van der Waals surface area contributed by atoms with E-state index >= 15 is 0 Å². The first-order valence-corrected chi connectivity index (χ1v) is 12.4. The molecule has 0 spiro atoms. The van der Waals surface area contributed by atoms with Crippen LogP contribution in [0.5, 0.6) is 0 Å². The van der Waals surface area contributed by atoms with Gasteiger partial charge in [-0.05, 0) is 101 Å². The summed E-state index contributed by atoms with van der Waals surface area (Å²) in [4.78, 5) is 0. The van der Waals surface area contributed by atoms with Crippen LogP contribution in [-0.4, -0.2) is 21.4 Å². The fourth-order valence-electron chi connectivity index (χ4n) is 6.86. The third kappa shape index (κ3) is 5.49. The van der Waals surface area contributed by atoms with Crippen molar-refractivity contribution in [2.45, 2.75) is 116 Å². The van der Waals surface area contributed by atoms with Crippen molar-refractivity contribution in [3.05, 3.63) is 35.5 Å². The summed E-state index contributed by atoms with van der Waals surface area (Å²) in [5.41, 5.74) is 3.40. The molecule has 3 rings (SSSR count). The summed E-state index contributed by atoms with van der Waals surface area (Å²) in [6.45, 7) is 15.1. The Kier molecular flexibility index (Phi) is 7.09. The number of hydrogen-bond acceptors (Lipinski definition) is 2. The van der Waals surface area contributed by atoms with E-state index in [-0.39, 0.29) is 0 Å². The van der Waals surface area contributed by atoms with Crippen LogP contribution in [0.15, 0.2) is 35.5 Å². The molecule has 0 bridgehead atoms. The third-order valence-corrected chi connectivity index (χ3v) is 8.66. The zero-order valence-corrected chi connectivity index (χ0v) is 20.3. The fourth-order valence-corrected chi connectivity index (χ4v) is 6.86. The molecule has 0 aliphatic heterocycles. The van der Waals surface area contributed by atoms with Crippen LogP contribution >= 0.6 is 0 Å². The number of aliphatic hydroxyl groups is 2. The molecule has 2 heteroatoms. The summed E-state index contributed by atoms with van der Waals surface area (Å²) >= 11 is 0. The third-order valence-electron chi connectivity index (χ3n) is 8.66. The Morgan fingerprint density at radius 2 is 1.90 bits per heavy atom. The Labute approximate surface area is 185 Å². The van der Waals surface area contributed by atoms with Crippen LogP contribution in [0, 0.1) is 23.2 Å². The van der Waals surface area contributed by atoms with Crippen molar-refractivity contribution in [3.63, 3.8) is 0 Å². The van der Waals surface area contributed by atoms with Crippen molar-refractivity contribution >= 4 is 0 Å². The van der Waals surface area contributed by atoms with Crippen LogP contribution in [-0.2, 0) is 0 Å². The van der Waals surface area contributed by atoms with Crippen LogP contribution in [0.25, 0.3) is 0 Å². The SMILES string of the molecule is C=C1CC[C@@](C)(O)C/C1=C/C=C1\CCCC2(C)C1CCC2[C@@H](C)CCCC(C)(C)O. The van der Waals surface area contributed by atoms with Crippen molar-refractivity contribution < 1.29 is 10.2 Å². The first-order valence-electron chi connectivity index (χ1n) is 12.4. The summed E-state index contributed by atoms with van der Waals surface area (Å²) < 4.78 is 0. The van der Waals surface area contributed by atoms with Gasteiger partial charge in [-0.3, -0.25) is 0 Å². The second-order valence-corrected chi connectivity index (χ2v) is 12.0. The minimum Gasteiger partial charge on any atom is -0.390 e. The van der Waals surface area contributed by atoms with Gasteiger partial charge in [0.15, 0.2) is 0 Å². The van der Waals surface area contributed by atoms with Gasteiger partial charge in [-0.2, -0.15) is 0 Å². The summed E-state index contributed by atoms with van der Waals surface area (Å²) in [6.07, 6.45) is 17.0. The quantitative estimate of drug-likeness (QED) is 0.485. The number of fused-ring (bicyclic) bond motifs is 1. The van der Waals surface area contributed by atoms with E-state index in [1.165, 1.54) is 49.7 Å². The lowest BCUT2D eigenvalue weighted by molar-refractivity contribution is 0.0456. The maximum absolute atomic E-state index is 10.5. The molecule has 3 aliphatic rings. The molecule has 3 unspecified atom stereocenters. The van der Waals surface area contributed by atoms with Crippen molar-refractivity contribution in [2.24, 2.45) is 23.2 Å². The van der Waals surface area contributed by atoms with Crippen molar-refractivity contribution in [2.75, 3.05) is 0 Å². The smallest absolute Gasteiger partial charge is 0.0663 e. The largest absolute Gasteiger partial charge is 0.390 e. The van der Waals surface area contributed by atoms with E-state index in [0.29, 0.717) is 11.3 Å². The van der Waals surface area contributed by atoms with E-state index in [9.17, 15) is 10.2 Å². The molecular formula is C28H46O2. The average Bonchev–Trinajstić information content (AvgIpc) is 2.99. The highest BCUT2D eigenvalue weighted by Gasteiger charge is 2.50. The molecule has 0 aromatic carbocycles. The highest BCUT2D eigenvalue weighted by Crippen LogP contribution is 2.60. The minimum atomic E-state index is -0.580. The summed E-state index contributed by atoms with van der Waals surface area (Å²) in [7, 11) is 0. The average molecular weight is 415 g/mol. The summed E-state index contributed by atoms with van der Waals surface area (Å²) in [6, 6.07) is 0. The standard InChI is InChI=1S/C28H46O2/c1-20-15-18-27(5,30)19-23(20)12-11-22-10-8-17-28(6)24(13-14-25(22)28)21(2)9-7-16-26(3,4)29/h11-12,21,24-25,29-30H,1,7-10,13-19H2,2-6H3/b22-11+,23-12-/t21-,24?,25?,27+,28?/m0/s1. The first kappa shape index (κ1) is 23.8. The molecule has 5 atom stereocenters. The van der Waals surface area contributed by atoms with E-state index in [0.717, 1.165) is 43.9 Å². The molecule has 3 aliphatic carbocycles. The van der Waals surface area contributed by atoms with Crippen LogP contribution in [0.1, 0.15) is 105 Å². The normalized spacial score (nSPS) is 38.8. The maximum atomic E-state index is 10.5. The van der Waals surface area contributed by atoms with Gasteiger partial charge < -0.3 is 10.2 Å². The van der Waals surface area contributed by atoms with Crippen LogP contribution < -0.4 is 0 Å². The monoisotopic (exact) mass is 414 g/mol. The van der Waals surface area contributed by atoms with E-state index in [4.69, 9.17) is 0 Å². The Bertz CT molecular complexity index is 690. The highest BCUT2D eigenvalue weighted by atomic mass is 16.3. The van der Waals surface area contributed by atoms with Crippen molar-refractivity contribution in [1.82, 2.24) is 0 Å². The van der Waals surface area contributed by atoms with Gasteiger partial charge >= 0.3 is 0 Å². The summed E-state index contributed by atoms with van der Waals surface area (Å²) in [5, 5.41) is 20.5. The molecule has 30 heavy (non-hydrogen) atoms. The number of allylic oxidation sites excluding steroid dienone is 4. The summed E-state index contributed by atoms with van der Waals surface area (Å²) in [5.74, 6) is 2.24. The van der Waals surface area contributed by atoms with Crippen LogP contribution in [0.4, 0.5) is 0 Å². The lowest BCUT2D eigenvalue weighted by Gasteiger charge is -2.44. The van der Waals surface area contributed by atoms with Crippen molar-refractivity contribution in [3.8, 4) is 0 Å². The van der Waals surface area contributed by atoms with Gasteiger partial charge in [0, 0.05) is 6.42 Å². The molecule has 0 amide bonds. The van der Waals surface area contributed by atoms with Gasteiger partial charge in [-0.25, -0.2) is 0 Å². The first-order chi connectivity index (χ1) is 13.9. The van der Waals surface area contributed by atoms with E-state index in [1.54, 1.807) is 5.57 Å². The molecule has 0 radical (unpaired) electrons. The molecule has 2 nitrogen and oxygen atoms in total. The molecule has 0 saturated heterocycles. The van der Waals surface area contributed by atoms with Gasteiger partial charge in [0.2, 0.25) is 0 Å². The van der Waals surface area contributed by atoms with Gasteiger partial charge in [-0.15, -0.1) is 0 Å². The molecular weight excluding hydrogens is 368 g/mol. The van der Waals surface area contributed by atoms with E-state index < -0.39 is 11.2 Å². The minimum absolute atomic E-state index is 0.422. The topological polar surface area (TPSA) is 40.5 Å². The predicted octanol–water partition coefficient (Wildman–Crippen LogP) is 7.12. The zero-order valence-electron chi connectivity index (χ0n) is 20.3. The number of rotatable bonds is 6. The molecule has 0 aromatic heterocycles. The lowest BCUT2D eigenvalue weighted by Crippen LogP contribution is -2.36. The Morgan fingerprint density at radius 3 is 2.60 bits per heavy atom. The fraction of sp³-hybridized carbons (Fsp3) is 0.786. The lowest BCUT2D eigenvalue weighted by atomic mass is 9.60. The Balaban J connectivity index is 1.70. The molecule has 3 fully saturated rings. The molecule has 3 saturated carbocycles. The molecule has 0 aromatic rings. The number of hydrogen-bond donors (Lipinski definition) is 2. The van der Waals surface area contributed by atoms with E-state index in [1.807, 2.05) is 20.8 Å². The van der Waals surface area contributed by atoms with Gasteiger partial charge in [0.05, 0.1) is 11.2 Å². The molecule has 170 valence electrons. The van der Waals surface area contributed by atoms with Gasteiger partial charge in [0.25, 0.3) is 0 Å². The van der Waals surface area contributed by atoms with Gasteiger partial charge in [0.1, 0.15) is 0 Å². The Morgan fingerprint density at radius 1 is 1.17 bits per heavy atom. The van der Waals surface area contributed by atoms with Crippen molar-refractivity contribution in [1.29, 1.82) is 0 Å². The molecule has 2 N–H and O–H groups in total.